The van der Waals surface area contributed by atoms with Crippen LogP contribution in [0.5, 0.6) is 5.75 Å². The van der Waals surface area contributed by atoms with Crippen LogP contribution in [-0.4, -0.2) is 38.0 Å². The van der Waals surface area contributed by atoms with E-state index in [4.69, 9.17) is 4.74 Å². The molecule has 0 saturated heterocycles. The molecule has 0 bridgehead atoms. The maximum Gasteiger partial charge on any atom is 0.511 e. The van der Waals surface area contributed by atoms with Gasteiger partial charge in [0, 0.05) is 18.9 Å². The molecule has 1 aliphatic carbocycles. The fourth-order valence-corrected chi connectivity index (χ4v) is 3.63. The number of hydrogen-bond acceptors (Lipinski definition) is 4. The molecule has 118 valence electrons. The monoisotopic (exact) mass is 322 g/mol. The Morgan fingerprint density at radius 2 is 2.00 bits per heavy atom. The third-order valence-corrected chi connectivity index (χ3v) is 5.24. The summed E-state index contributed by atoms with van der Waals surface area (Å²) in [6.07, 6.45) is 4.95. The number of pyridine rings is 1. The van der Waals surface area contributed by atoms with Gasteiger partial charge >= 0.3 is 6.98 Å². The Morgan fingerprint density at radius 3 is 2.62 bits per heavy atom. The van der Waals surface area contributed by atoms with Crippen LogP contribution in [0, 0.1) is 0 Å². The van der Waals surface area contributed by atoms with E-state index in [9.17, 15) is 21.4 Å². The van der Waals surface area contributed by atoms with E-state index in [0.717, 1.165) is 12.3 Å². The van der Waals surface area contributed by atoms with Gasteiger partial charge < -0.3 is 17.7 Å². The average Bonchev–Trinajstić information content (AvgIpc) is 2.37. The molecule has 1 fully saturated rings. The smallest absolute Gasteiger partial charge is 0.489 e. The molecule has 2 rings (SSSR count). The number of ether oxygens (including phenoxy) is 1. The van der Waals surface area contributed by atoms with Gasteiger partial charge in [0.05, 0.1) is 11.4 Å². The number of halogens is 3. The van der Waals surface area contributed by atoms with E-state index in [0.29, 0.717) is 25.7 Å². The van der Waals surface area contributed by atoms with Crippen LogP contribution in [0.1, 0.15) is 25.7 Å². The van der Waals surface area contributed by atoms with E-state index < -0.39 is 33.6 Å². The van der Waals surface area contributed by atoms with Crippen molar-refractivity contribution < 1.29 is 26.1 Å². The Labute approximate surface area is 121 Å². The summed E-state index contributed by atoms with van der Waals surface area (Å²) in [6.45, 7) is -5.12. The maximum absolute atomic E-state index is 12.7. The van der Waals surface area contributed by atoms with Crippen LogP contribution < -0.4 is 10.2 Å². The molecule has 1 aliphatic rings. The van der Waals surface area contributed by atoms with Crippen LogP contribution in [-0.2, 0) is 9.84 Å². The normalized spacial score (nSPS) is 23.8. The second kappa shape index (κ2) is 5.86. The van der Waals surface area contributed by atoms with E-state index in [-0.39, 0.29) is 5.75 Å². The Bertz CT molecular complexity index is 606. The fourth-order valence-electron chi connectivity index (χ4n) is 2.47. The minimum atomic E-state index is -5.12. The van der Waals surface area contributed by atoms with Crippen molar-refractivity contribution >= 4 is 22.3 Å². The molecule has 1 aromatic rings. The highest BCUT2D eigenvalue weighted by molar-refractivity contribution is 7.91. The number of nitrogens with zero attached hydrogens (tertiary/aromatic N) is 1. The van der Waals surface area contributed by atoms with Gasteiger partial charge in [-0.05, 0) is 25.3 Å². The van der Waals surface area contributed by atoms with Crippen LogP contribution in [0.25, 0.3) is 0 Å². The van der Waals surface area contributed by atoms with E-state index >= 15 is 0 Å². The van der Waals surface area contributed by atoms with Gasteiger partial charge in [0.2, 0.25) is 0 Å². The molecule has 0 amide bonds. The lowest BCUT2D eigenvalue weighted by atomic mass is 9.81. The number of aromatic nitrogens is 1. The van der Waals surface area contributed by atoms with Gasteiger partial charge in [-0.2, -0.15) is 0 Å². The Kier molecular flexibility index (Phi) is 4.50. The van der Waals surface area contributed by atoms with Gasteiger partial charge in [-0.1, -0.05) is 5.46 Å². The van der Waals surface area contributed by atoms with Crippen molar-refractivity contribution in [2.45, 2.75) is 37.0 Å². The largest absolute Gasteiger partial charge is 0.511 e. The Morgan fingerprint density at radius 1 is 1.29 bits per heavy atom. The first kappa shape index (κ1) is 16.1. The molecular formula is C12H16BF3NO3S-. The van der Waals surface area contributed by atoms with Crippen molar-refractivity contribution in [3.63, 3.8) is 0 Å². The van der Waals surface area contributed by atoms with E-state index in [1.54, 1.807) is 0 Å². The average molecular weight is 322 g/mol. The zero-order chi connectivity index (χ0) is 15.7. The van der Waals surface area contributed by atoms with Crippen molar-refractivity contribution in [2.24, 2.45) is 0 Å². The lowest BCUT2D eigenvalue weighted by Gasteiger charge is -2.28. The molecule has 21 heavy (non-hydrogen) atoms. The molecule has 0 N–H and O–H groups in total. The summed E-state index contributed by atoms with van der Waals surface area (Å²) in [4.78, 5) is 3.54. The third kappa shape index (κ3) is 4.36. The summed E-state index contributed by atoms with van der Waals surface area (Å²) in [7, 11) is -3.16. The minimum absolute atomic E-state index is 0.0332. The Balaban J connectivity index is 2.08. The molecular weight excluding hydrogens is 306 g/mol. The molecule has 2 unspecified atom stereocenters. The van der Waals surface area contributed by atoms with Gasteiger partial charge in [-0.3, -0.25) is 4.98 Å². The molecule has 4 nitrogen and oxygen atoms in total. The highest BCUT2D eigenvalue weighted by Crippen LogP contribution is 2.27. The summed E-state index contributed by atoms with van der Waals surface area (Å²) < 4.78 is 66.6. The molecule has 1 aromatic heterocycles. The molecule has 0 aromatic carbocycles. The zero-order valence-corrected chi connectivity index (χ0v) is 12.3. The quantitative estimate of drug-likeness (QED) is 0.794. The van der Waals surface area contributed by atoms with Crippen molar-refractivity contribution in [1.29, 1.82) is 0 Å². The minimum Gasteiger partial charge on any atom is -0.489 e. The van der Waals surface area contributed by atoms with Crippen molar-refractivity contribution in [3.05, 3.63) is 18.5 Å². The fraction of sp³-hybridized carbons (Fsp3) is 0.583. The summed E-state index contributed by atoms with van der Waals surface area (Å²) in [5, 5.41) is -0.487. The maximum atomic E-state index is 12.7. The SMILES string of the molecule is CS(=O)(=O)C1CCCC(Oc2cncc([B-](F)(F)F)c2)C1. The number of hydrogen-bond donors (Lipinski definition) is 0. The van der Waals surface area contributed by atoms with Crippen molar-refractivity contribution in [2.75, 3.05) is 6.26 Å². The van der Waals surface area contributed by atoms with Crippen molar-refractivity contribution in [1.82, 2.24) is 4.98 Å². The first-order chi connectivity index (χ1) is 9.66. The summed E-state index contributed by atoms with van der Waals surface area (Å²) in [5.41, 5.74) is -0.817. The van der Waals surface area contributed by atoms with E-state index in [1.165, 1.54) is 12.5 Å². The lowest BCUT2D eigenvalue weighted by Crippen LogP contribution is -2.35. The molecule has 0 aliphatic heterocycles. The van der Waals surface area contributed by atoms with Gasteiger partial charge in [-0.15, -0.1) is 0 Å². The topological polar surface area (TPSA) is 56.3 Å². The first-order valence-corrected chi connectivity index (χ1v) is 8.62. The second-order valence-electron chi connectivity index (χ2n) is 5.39. The lowest BCUT2D eigenvalue weighted by molar-refractivity contribution is 0.156. The third-order valence-electron chi connectivity index (χ3n) is 3.60. The molecule has 1 saturated carbocycles. The predicted octanol–water partition coefficient (Wildman–Crippen LogP) is 1.87. The molecule has 0 spiro atoms. The van der Waals surface area contributed by atoms with E-state index in [2.05, 4.69) is 4.98 Å². The van der Waals surface area contributed by atoms with Crippen LogP contribution in [0.3, 0.4) is 0 Å². The van der Waals surface area contributed by atoms with Crippen LogP contribution in [0.2, 0.25) is 0 Å². The van der Waals surface area contributed by atoms with Gasteiger partial charge in [-0.25, -0.2) is 8.42 Å². The first-order valence-electron chi connectivity index (χ1n) is 6.66. The number of sulfone groups is 1. The van der Waals surface area contributed by atoms with Gasteiger partial charge in [0.1, 0.15) is 21.7 Å². The van der Waals surface area contributed by atoms with Crippen LogP contribution in [0.4, 0.5) is 12.9 Å². The summed E-state index contributed by atoms with van der Waals surface area (Å²) >= 11 is 0. The number of rotatable bonds is 4. The second-order valence-corrected chi connectivity index (χ2v) is 7.71. The highest BCUT2D eigenvalue weighted by Gasteiger charge is 2.30. The van der Waals surface area contributed by atoms with E-state index in [1.807, 2.05) is 0 Å². The standard InChI is InChI=1S/C12H16BF3NO3S/c1-21(18,19)12-4-2-3-10(6-12)20-11-5-9(7-17-8-11)13(14,15)16/h5,7-8,10,12H,2-4,6H2,1H3/q-1. The molecule has 2 atom stereocenters. The molecule has 9 heteroatoms. The zero-order valence-electron chi connectivity index (χ0n) is 11.5. The molecule has 0 radical (unpaired) electrons. The predicted molar refractivity (Wildman–Crippen MR) is 74.5 cm³/mol. The summed E-state index contributed by atoms with van der Waals surface area (Å²) in [6, 6.07) is 0.914. The van der Waals surface area contributed by atoms with Gasteiger partial charge in [0.15, 0.2) is 0 Å². The van der Waals surface area contributed by atoms with Crippen LogP contribution >= 0.6 is 0 Å². The van der Waals surface area contributed by atoms with Crippen molar-refractivity contribution in [3.8, 4) is 5.75 Å². The summed E-state index contributed by atoms with van der Waals surface area (Å²) in [5.74, 6) is 0.0332. The Hall–Kier alpha value is -1.25. The van der Waals surface area contributed by atoms with Crippen LogP contribution in [0.15, 0.2) is 18.5 Å². The highest BCUT2D eigenvalue weighted by atomic mass is 32.2. The molecule has 1 heterocycles. The van der Waals surface area contributed by atoms with Gasteiger partial charge in [0.25, 0.3) is 0 Å².